The van der Waals surface area contributed by atoms with Crippen LogP contribution in [-0.2, 0) is 0 Å². The second kappa shape index (κ2) is 3.80. The van der Waals surface area contributed by atoms with Crippen LogP contribution in [-0.4, -0.2) is 29.7 Å². The lowest BCUT2D eigenvalue weighted by atomic mass is 9.83. The molecule has 2 aliphatic rings. The zero-order chi connectivity index (χ0) is 10.2. The monoisotopic (exact) mass is 199 g/mol. The first-order chi connectivity index (χ1) is 6.66. The smallest absolute Gasteiger partial charge is 0.115 e. The zero-order valence-electron chi connectivity index (χ0n) is 9.43. The lowest BCUT2D eigenvalue weighted by Crippen LogP contribution is -2.39. The van der Waals surface area contributed by atoms with Gasteiger partial charge in [-0.15, -0.1) is 0 Å². The van der Waals surface area contributed by atoms with Crippen LogP contribution in [0.2, 0.25) is 0 Å². The van der Waals surface area contributed by atoms with E-state index in [1.54, 1.807) is 0 Å². The first-order valence-electron chi connectivity index (χ1n) is 6.05. The number of halogens is 1. The Morgan fingerprint density at radius 3 is 3.07 bits per heavy atom. The molecule has 2 fully saturated rings. The summed E-state index contributed by atoms with van der Waals surface area (Å²) in [6.07, 6.45) is 5.20. The van der Waals surface area contributed by atoms with Gasteiger partial charge in [0.2, 0.25) is 0 Å². The van der Waals surface area contributed by atoms with Crippen LogP contribution in [0.4, 0.5) is 4.39 Å². The highest BCUT2D eigenvalue weighted by Gasteiger charge is 2.48. The summed E-state index contributed by atoms with van der Waals surface area (Å²) in [6.45, 7) is 6.38. The van der Waals surface area contributed by atoms with E-state index in [1.165, 1.54) is 25.7 Å². The molecule has 0 aromatic heterocycles. The molecule has 0 aromatic rings. The van der Waals surface area contributed by atoms with Gasteiger partial charge in [-0.25, -0.2) is 4.39 Å². The Bertz CT molecular complexity index is 206. The molecule has 0 N–H and O–H groups in total. The molecule has 2 rings (SSSR count). The van der Waals surface area contributed by atoms with Gasteiger partial charge in [0.05, 0.1) is 0 Å². The number of hydrogen-bond acceptors (Lipinski definition) is 1. The van der Waals surface area contributed by atoms with Crippen molar-refractivity contribution in [3.05, 3.63) is 0 Å². The van der Waals surface area contributed by atoms with Crippen molar-refractivity contribution < 1.29 is 4.39 Å². The van der Waals surface area contributed by atoms with Gasteiger partial charge in [-0.3, -0.25) is 4.90 Å². The molecule has 3 atom stereocenters. The molecule has 2 unspecified atom stereocenters. The van der Waals surface area contributed by atoms with E-state index in [0.717, 1.165) is 18.9 Å². The number of alkyl halides is 1. The van der Waals surface area contributed by atoms with E-state index >= 15 is 0 Å². The van der Waals surface area contributed by atoms with Gasteiger partial charge in [-0.05, 0) is 38.1 Å². The Kier molecular flexibility index (Phi) is 2.83. The average Bonchev–Trinajstić information content (AvgIpc) is 2.59. The first-order valence-corrected chi connectivity index (χ1v) is 6.05. The molecule has 0 amide bonds. The molecule has 0 aliphatic carbocycles. The van der Waals surface area contributed by atoms with Gasteiger partial charge in [-0.1, -0.05) is 20.3 Å². The van der Waals surface area contributed by atoms with Gasteiger partial charge in [0.15, 0.2) is 0 Å². The number of rotatable bonds is 3. The molecule has 0 aromatic carbocycles. The summed E-state index contributed by atoms with van der Waals surface area (Å²) in [4.78, 5) is 2.42. The summed E-state index contributed by atoms with van der Waals surface area (Å²) in [5.74, 6) is 0.751. The van der Waals surface area contributed by atoms with E-state index < -0.39 is 6.17 Å². The summed E-state index contributed by atoms with van der Waals surface area (Å²) in [7, 11) is 0. The van der Waals surface area contributed by atoms with Crippen LogP contribution in [0.3, 0.4) is 0 Å². The Hall–Kier alpha value is -0.110. The van der Waals surface area contributed by atoms with Crippen molar-refractivity contribution in [1.82, 2.24) is 4.90 Å². The van der Waals surface area contributed by atoms with E-state index in [1.807, 2.05) is 0 Å². The van der Waals surface area contributed by atoms with Crippen LogP contribution in [0.15, 0.2) is 0 Å². The van der Waals surface area contributed by atoms with Crippen molar-refractivity contribution in [3.8, 4) is 0 Å². The summed E-state index contributed by atoms with van der Waals surface area (Å²) in [5, 5.41) is 0. The fraction of sp³-hybridized carbons (Fsp3) is 1.00. The number of hydrogen-bond donors (Lipinski definition) is 0. The van der Waals surface area contributed by atoms with Crippen LogP contribution >= 0.6 is 0 Å². The van der Waals surface area contributed by atoms with Crippen molar-refractivity contribution in [2.24, 2.45) is 5.92 Å². The summed E-state index contributed by atoms with van der Waals surface area (Å²) >= 11 is 0. The zero-order valence-corrected chi connectivity index (χ0v) is 9.43. The summed E-state index contributed by atoms with van der Waals surface area (Å²) in [5.41, 5.74) is 0.259. The molecule has 2 saturated heterocycles. The minimum absolute atomic E-state index is 0.259. The number of fused-ring (bicyclic) bond motifs is 1. The molecule has 0 radical (unpaired) electrons. The topological polar surface area (TPSA) is 3.24 Å². The van der Waals surface area contributed by atoms with Crippen molar-refractivity contribution in [2.45, 2.75) is 57.7 Å². The van der Waals surface area contributed by atoms with Crippen LogP contribution in [0.1, 0.15) is 46.0 Å². The fourth-order valence-corrected chi connectivity index (χ4v) is 3.33. The van der Waals surface area contributed by atoms with E-state index in [4.69, 9.17) is 0 Å². The molecule has 2 heterocycles. The maximum absolute atomic E-state index is 13.4. The third-order valence-electron chi connectivity index (χ3n) is 4.19. The average molecular weight is 199 g/mol. The van der Waals surface area contributed by atoms with E-state index in [2.05, 4.69) is 18.7 Å². The fourth-order valence-electron chi connectivity index (χ4n) is 3.33. The SMILES string of the molecule is CCC(C)C[C@@]12CCCN1CC(F)C2. The normalized spacial score (nSPS) is 40.1. The van der Waals surface area contributed by atoms with E-state index in [0.29, 0.717) is 6.54 Å². The Morgan fingerprint density at radius 2 is 2.36 bits per heavy atom. The van der Waals surface area contributed by atoms with Gasteiger partial charge in [0.25, 0.3) is 0 Å². The highest BCUT2D eigenvalue weighted by Crippen LogP contribution is 2.44. The second-order valence-electron chi connectivity index (χ2n) is 5.29. The highest BCUT2D eigenvalue weighted by atomic mass is 19.1. The molecule has 82 valence electrons. The second-order valence-corrected chi connectivity index (χ2v) is 5.29. The lowest BCUT2D eigenvalue weighted by molar-refractivity contribution is 0.157. The molecular weight excluding hydrogens is 177 g/mol. The number of nitrogens with zero attached hydrogens (tertiary/aromatic N) is 1. The molecule has 14 heavy (non-hydrogen) atoms. The molecule has 1 nitrogen and oxygen atoms in total. The van der Waals surface area contributed by atoms with Crippen molar-refractivity contribution >= 4 is 0 Å². The van der Waals surface area contributed by atoms with Crippen molar-refractivity contribution in [2.75, 3.05) is 13.1 Å². The minimum atomic E-state index is -0.556. The van der Waals surface area contributed by atoms with Crippen LogP contribution in [0.5, 0.6) is 0 Å². The molecular formula is C12H22FN. The minimum Gasteiger partial charge on any atom is -0.295 e. The van der Waals surface area contributed by atoms with Gasteiger partial charge < -0.3 is 0 Å². The quantitative estimate of drug-likeness (QED) is 0.675. The van der Waals surface area contributed by atoms with E-state index in [9.17, 15) is 4.39 Å². The van der Waals surface area contributed by atoms with E-state index in [-0.39, 0.29) is 5.54 Å². The Balaban J connectivity index is 2.04. The van der Waals surface area contributed by atoms with Gasteiger partial charge in [0.1, 0.15) is 6.17 Å². The van der Waals surface area contributed by atoms with Crippen LogP contribution in [0, 0.1) is 5.92 Å². The predicted octanol–water partition coefficient (Wildman–Crippen LogP) is 3.00. The Labute approximate surface area is 86.7 Å². The molecule has 2 aliphatic heterocycles. The third kappa shape index (κ3) is 1.69. The van der Waals surface area contributed by atoms with Gasteiger partial charge in [-0.2, -0.15) is 0 Å². The largest absolute Gasteiger partial charge is 0.295 e. The predicted molar refractivity (Wildman–Crippen MR) is 57.1 cm³/mol. The molecule has 2 heteroatoms. The van der Waals surface area contributed by atoms with Crippen molar-refractivity contribution in [3.63, 3.8) is 0 Å². The van der Waals surface area contributed by atoms with Crippen molar-refractivity contribution in [1.29, 1.82) is 0 Å². The molecule has 0 bridgehead atoms. The first kappa shape index (κ1) is 10.4. The third-order valence-corrected chi connectivity index (χ3v) is 4.19. The highest BCUT2D eigenvalue weighted by molar-refractivity contribution is 5.03. The van der Waals surface area contributed by atoms with Gasteiger partial charge in [0, 0.05) is 12.1 Å². The molecule has 0 saturated carbocycles. The standard InChI is InChI=1S/C12H22FN/c1-3-10(2)7-12-5-4-6-14(12)9-11(13)8-12/h10-11H,3-9H2,1-2H3/t10?,11?,12-/m1/s1. The molecule has 0 spiro atoms. The van der Waals surface area contributed by atoms with Crippen LogP contribution in [0.25, 0.3) is 0 Å². The maximum Gasteiger partial charge on any atom is 0.115 e. The summed E-state index contributed by atoms with van der Waals surface area (Å²) in [6, 6.07) is 0. The van der Waals surface area contributed by atoms with Gasteiger partial charge >= 0.3 is 0 Å². The maximum atomic E-state index is 13.4. The lowest BCUT2D eigenvalue weighted by Gasteiger charge is -2.34. The van der Waals surface area contributed by atoms with Crippen LogP contribution < -0.4 is 0 Å². The Morgan fingerprint density at radius 1 is 1.57 bits per heavy atom. The summed E-state index contributed by atoms with van der Waals surface area (Å²) < 4.78 is 13.4.